The maximum absolute atomic E-state index is 12.8. The number of benzene rings is 1. The van der Waals surface area contributed by atoms with E-state index < -0.39 is 5.95 Å². The topological polar surface area (TPSA) is 35.0 Å². The average molecular weight is 236 g/mol. The van der Waals surface area contributed by atoms with Crippen LogP contribution in [-0.4, -0.2) is 16.2 Å². The van der Waals surface area contributed by atoms with Crippen LogP contribution in [0.4, 0.5) is 4.39 Å². The fraction of sp³-hybridized carbons (Fsp3) is 0.0909. The highest BCUT2D eigenvalue weighted by Gasteiger charge is 2.00. The molecular formula is C11H9FN2OS. The first-order valence-electron chi connectivity index (χ1n) is 4.57. The number of halogens is 1. The molecule has 5 heteroatoms. The summed E-state index contributed by atoms with van der Waals surface area (Å²) >= 11 is 1.65. The molecule has 0 fully saturated rings. The van der Waals surface area contributed by atoms with Crippen LogP contribution >= 0.6 is 11.8 Å². The van der Waals surface area contributed by atoms with E-state index in [-0.39, 0.29) is 5.88 Å². The summed E-state index contributed by atoms with van der Waals surface area (Å²) in [7, 11) is 0. The molecule has 2 rings (SSSR count). The number of rotatable bonds is 3. The number of nitrogens with zero attached hydrogens (tertiary/aromatic N) is 2. The van der Waals surface area contributed by atoms with Crippen LogP contribution in [-0.2, 0) is 0 Å². The van der Waals surface area contributed by atoms with E-state index in [2.05, 4.69) is 9.97 Å². The van der Waals surface area contributed by atoms with Gasteiger partial charge in [0.1, 0.15) is 12.1 Å². The van der Waals surface area contributed by atoms with Crippen LogP contribution in [0.3, 0.4) is 0 Å². The van der Waals surface area contributed by atoms with E-state index in [1.807, 2.05) is 30.5 Å². The van der Waals surface area contributed by atoms with Crippen molar-refractivity contribution in [1.29, 1.82) is 0 Å². The molecule has 0 aliphatic carbocycles. The smallest absolute Gasteiger partial charge is 0.225 e. The van der Waals surface area contributed by atoms with E-state index in [0.29, 0.717) is 5.75 Å². The Balaban J connectivity index is 2.14. The highest BCUT2D eigenvalue weighted by Crippen LogP contribution is 2.22. The lowest BCUT2D eigenvalue weighted by Gasteiger charge is -2.04. The van der Waals surface area contributed by atoms with Gasteiger partial charge in [-0.05, 0) is 30.5 Å². The van der Waals surface area contributed by atoms with Gasteiger partial charge in [-0.2, -0.15) is 4.39 Å². The van der Waals surface area contributed by atoms with Crippen molar-refractivity contribution >= 4 is 11.8 Å². The molecule has 0 saturated carbocycles. The molecule has 0 N–H and O–H groups in total. The van der Waals surface area contributed by atoms with Crippen molar-refractivity contribution in [2.75, 3.05) is 6.26 Å². The Morgan fingerprint density at radius 2 is 1.94 bits per heavy atom. The predicted octanol–water partition coefficient (Wildman–Crippen LogP) is 3.13. The van der Waals surface area contributed by atoms with Crippen LogP contribution in [0.1, 0.15) is 0 Å². The lowest BCUT2D eigenvalue weighted by Crippen LogP contribution is -1.90. The Labute approximate surface area is 96.7 Å². The zero-order valence-corrected chi connectivity index (χ0v) is 9.37. The van der Waals surface area contributed by atoms with E-state index in [4.69, 9.17) is 4.74 Å². The van der Waals surface area contributed by atoms with Crippen LogP contribution in [0.25, 0.3) is 0 Å². The number of aromatic nitrogens is 2. The highest BCUT2D eigenvalue weighted by molar-refractivity contribution is 7.98. The predicted molar refractivity (Wildman–Crippen MR) is 60.3 cm³/mol. The van der Waals surface area contributed by atoms with Crippen molar-refractivity contribution in [2.45, 2.75) is 4.90 Å². The molecule has 0 atom stereocenters. The summed E-state index contributed by atoms with van der Waals surface area (Å²) in [5.41, 5.74) is 0. The Morgan fingerprint density at radius 1 is 1.19 bits per heavy atom. The molecule has 2 aromatic rings. The lowest BCUT2D eigenvalue weighted by molar-refractivity contribution is 0.450. The normalized spacial score (nSPS) is 10.1. The fourth-order valence-corrected chi connectivity index (χ4v) is 1.55. The van der Waals surface area contributed by atoms with Crippen LogP contribution in [0, 0.1) is 5.95 Å². The first-order valence-corrected chi connectivity index (χ1v) is 5.80. The van der Waals surface area contributed by atoms with Crippen molar-refractivity contribution in [3.8, 4) is 11.6 Å². The van der Waals surface area contributed by atoms with Crippen molar-refractivity contribution in [2.24, 2.45) is 0 Å². The van der Waals surface area contributed by atoms with Gasteiger partial charge in [0.15, 0.2) is 0 Å². The van der Waals surface area contributed by atoms with Gasteiger partial charge in [0.05, 0.1) is 6.07 Å². The maximum Gasteiger partial charge on any atom is 0.225 e. The maximum atomic E-state index is 12.8. The van der Waals surface area contributed by atoms with E-state index >= 15 is 0 Å². The van der Waals surface area contributed by atoms with Crippen molar-refractivity contribution in [3.05, 3.63) is 42.6 Å². The molecule has 0 unspecified atom stereocenters. The van der Waals surface area contributed by atoms with Gasteiger partial charge in [-0.1, -0.05) is 0 Å². The second-order valence-corrected chi connectivity index (χ2v) is 3.84. The zero-order chi connectivity index (χ0) is 11.4. The molecular weight excluding hydrogens is 227 g/mol. The Kier molecular flexibility index (Phi) is 3.36. The van der Waals surface area contributed by atoms with E-state index in [9.17, 15) is 4.39 Å². The first kappa shape index (κ1) is 10.9. The number of hydrogen-bond acceptors (Lipinski definition) is 4. The fourth-order valence-electron chi connectivity index (χ4n) is 1.14. The van der Waals surface area contributed by atoms with Crippen LogP contribution < -0.4 is 4.74 Å². The second kappa shape index (κ2) is 4.94. The van der Waals surface area contributed by atoms with E-state index in [1.54, 1.807) is 11.8 Å². The molecule has 0 aliphatic rings. The van der Waals surface area contributed by atoms with Gasteiger partial charge >= 0.3 is 0 Å². The van der Waals surface area contributed by atoms with Gasteiger partial charge in [0.2, 0.25) is 11.8 Å². The third kappa shape index (κ3) is 2.70. The Hall–Kier alpha value is -1.62. The van der Waals surface area contributed by atoms with Gasteiger partial charge in [-0.3, -0.25) is 0 Å². The summed E-state index contributed by atoms with van der Waals surface area (Å²) in [5.74, 6) is 0.214. The van der Waals surface area contributed by atoms with Crippen molar-refractivity contribution < 1.29 is 9.13 Å². The summed E-state index contributed by atoms with van der Waals surface area (Å²) < 4.78 is 18.1. The summed E-state index contributed by atoms with van der Waals surface area (Å²) in [6.45, 7) is 0. The Bertz CT molecular complexity index is 476. The minimum absolute atomic E-state index is 0.199. The van der Waals surface area contributed by atoms with Crippen LogP contribution in [0.2, 0.25) is 0 Å². The Morgan fingerprint density at radius 3 is 2.56 bits per heavy atom. The minimum Gasteiger partial charge on any atom is -0.439 e. The second-order valence-electron chi connectivity index (χ2n) is 2.96. The van der Waals surface area contributed by atoms with Gasteiger partial charge < -0.3 is 4.74 Å². The highest BCUT2D eigenvalue weighted by atomic mass is 32.2. The monoisotopic (exact) mass is 236 g/mol. The lowest BCUT2D eigenvalue weighted by atomic mass is 10.3. The van der Waals surface area contributed by atoms with E-state index in [0.717, 1.165) is 17.3 Å². The summed E-state index contributed by atoms with van der Waals surface area (Å²) in [6, 6.07) is 8.62. The summed E-state index contributed by atoms with van der Waals surface area (Å²) in [6.07, 6.45) is 3.12. The van der Waals surface area contributed by atoms with Gasteiger partial charge in [0, 0.05) is 4.90 Å². The summed E-state index contributed by atoms with van der Waals surface area (Å²) in [5, 5.41) is 0. The molecule has 0 aliphatic heterocycles. The third-order valence-corrected chi connectivity index (χ3v) is 2.63. The molecule has 82 valence electrons. The molecule has 3 nitrogen and oxygen atoms in total. The summed E-state index contributed by atoms with van der Waals surface area (Å²) in [4.78, 5) is 8.29. The molecule has 1 aromatic carbocycles. The number of ether oxygens (including phenoxy) is 1. The van der Waals surface area contributed by atoms with E-state index in [1.165, 1.54) is 0 Å². The zero-order valence-electron chi connectivity index (χ0n) is 8.55. The molecule has 1 aromatic heterocycles. The third-order valence-electron chi connectivity index (χ3n) is 1.89. The molecule has 0 bridgehead atoms. The largest absolute Gasteiger partial charge is 0.439 e. The van der Waals surface area contributed by atoms with Crippen LogP contribution in [0.15, 0.2) is 41.6 Å². The molecule has 0 amide bonds. The quantitative estimate of drug-likeness (QED) is 0.605. The molecule has 0 saturated heterocycles. The molecule has 0 radical (unpaired) electrons. The van der Waals surface area contributed by atoms with Crippen molar-refractivity contribution in [1.82, 2.24) is 9.97 Å². The van der Waals surface area contributed by atoms with Gasteiger partial charge in [-0.25, -0.2) is 9.97 Å². The standard InChI is InChI=1S/C11H9FN2OS/c1-16-9-4-2-8(3-5-9)15-11-6-10(12)13-7-14-11/h2-7H,1H3. The first-order chi connectivity index (χ1) is 7.78. The molecule has 1 heterocycles. The SMILES string of the molecule is CSc1ccc(Oc2cc(F)ncn2)cc1. The number of thioether (sulfide) groups is 1. The molecule has 16 heavy (non-hydrogen) atoms. The van der Waals surface area contributed by atoms with Crippen LogP contribution in [0.5, 0.6) is 11.6 Å². The van der Waals surface area contributed by atoms with Crippen molar-refractivity contribution in [3.63, 3.8) is 0 Å². The average Bonchev–Trinajstić information content (AvgIpc) is 2.30. The number of hydrogen-bond donors (Lipinski definition) is 0. The minimum atomic E-state index is -0.606. The molecule has 0 spiro atoms. The van der Waals surface area contributed by atoms with Gasteiger partial charge in [0.25, 0.3) is 0 Å². The van der Waals surface area contributed by atoms with Gasteiger partial charge in [-0.15, -0.1) is 11.8 Å².